The highest BCUT2D eigenvalue weighted by Crippen LogP contribution is 2.34. The molecule has 3 heterocycles. The van der Waals surface area contributed by atoms with Crippen LogP contribution in [0.3, 0.4) is 0 Å². The molecule has 2 aromatic rings. The molecule has 0 bridgehead atoms. The molecule has 2 aromatic heterocycles. The van der Waals surface area contributed by atoms with Gasteiger partial charge in [-0.2, -0.15) is 0 Å². The van der Waals surface area contributed by atoms with Crippen molar-refractivity contribution in [2.75, 3.05) is 19.6 Å². The number of fused-ring (bicyclic) bond motifs is 3. The molecule has 0 atom stereocenters. The number of aryl methyl sites for hydroxylation is 1. The summed E-state index contributed by atoms with van der Waals surface area (Å²) in [5.41, 5.74) is 1.03. The molecule has 0 N–H and O–H groups in total. The van der Waals surface area contributed by atoms with Gasteiger partial charge in [-0.05, 0) is 25.7 Å². The van der Waals surface area contributed by atoms with Crippen LogP contribution in [-0.2, 0) is 11.2 Å². The molecule has 0 aromatic carbocycles. The van der Waals surface area contributed by atoms with E-state index in [9.17, 15) is 14.4 Å². The first-order valence-corrected chi connectivity index (χ1v) is 11.1. The monoisotopic (exact) mass is 420 g/mol. The Balaban J connectivity index is 1.39. The van der Waals surface area contributed by atoms with Crippen LogP contribution in [0.15, 0.2) is 0 Å². The van der Waals surface area contributed by atoms with Crippen LogP contribution >= 0.6 is 22.9 Å². The summed E-state index contributed by atoms with van der Waals surface area (Å²) in [6, 6.07) is 0.329. The van der Waals surface area contributed by atoms with Gasteiger partial charge in [-0.15, -0.1) is 0 Å². The summed E-state index contributed by atoms with van der Waals surface area (Å²) in [5, 5.41) is 0.248. The van der Waals surface area contributed by atoms with E-state index in [-0.39, 0.29) is 35.0 Å². The third-order valence-electron chi connectivity index (χ3n) is 6.10. The van der Waals surface area contributed by atoms with Crippen molar-refractivity contribution >= 4 is 45.5 Å². The summed E-state index contributed by atoms with van der Waals surface area (Å²) in [5.74, 6) is -0.183. The fraction of sp³-hybridized carbons (Fsp3) is 0.579. The van der Waals surface area contributed by atoms with E-state index >= 15 is 0 Å². The molecule has 1 aliphatic heterocycles. The molecule has 2 fully saturated rings. The molecule has 2 amide bonds. The van der Waals surface area contributed by atoms with Gasteiger partial charge in [0.05, 0.1) is 4.88 Å². The number of ketones is 1. The highest BCUT2D eigenvalue weighted by Gasteiger charge is 2.35. The predicted molar refractivity (Wildman–Crippen MR) is 105 cm³/mol. The van der Waals surface area contributed by atoms with Crippen molar-refractivity contribution in [3.05, 3.63) is 21.4 Å². The lowest BCUT2D eigenvalue weighted by molar-refractivity contribution is -0.137. The molecule has 9 heteroatoms. The largest absolute Gasteiger partial charge is 0.336 e. The number of thiazole rings is 1. The summed E-state index contributed by atoms with van der Waals surface area (Å²) in [7, 11) is 0. The molecule has 0 radical (unpaired) electrons. The fourth-order valence-electron chi connectivity index (χ4n) is 4.66. The molecule has 28 heavy (non-hydrogen) atoms. The number of carbonyl (C=O) groups excluding carboxylic acids is 3. The van der Waals surface area contributed by atoms with Gasteiger partial charge in [0.25, 0.3) is 5.91 Å². The number of hydrogen-bond acceptors (Lipinski definition) is 5. The first-order valence-electron chi connectivity index (χ1n) is 9.86. The van der Waals surface area contributed by atoms with Gasteiger partial charge in [0.15, 0.2) is 16.4 Å². The Morgan fingerprint density at radius 1 is 1.11 bits per heavy atom. The summed E-state index contributed by atoms with van der Waals surface area (Å²) in [4.78, 5) is 46.9. The van der Waals surface area contributed by atoms with E-state index < -0.39 is 0 Å². The standard InChI is InChI=1S/C19H21ClN4O3S/c20-17-15(21-19-24(17)12-6-3-7-13(25)16(12)28-19)18(27)22-8-9-23(14(26)10-22)11-4-1-2-5-11/h11H,1-10H2. The van der Waals surface area contributed by atoms with Gasteiger partial charge in [0, 0.05) is 31.2 Å². The van der Waals surface area contributed by atoms with Crippen molar-refractivity contribution in [1.29, 1.82) is 0 Å². The molecular weight excluding hydrogens is 400 g/mol. The van der Waals surface area contributed by atoms with E-state index in [1.54, 1.807) is 9.30 Å². The zero-order valence-corrected chi connectivity index (χ0v) is 17.0. The lowest BCUT2D eigenvalue weighted by atomic mass is 10.0. The maximum absolute atomic E-state index is 13.0. The predicted octanol–water partition coefficient (Wildman–Crippen LogP) is 2.80. The minimum atomic E-state index is -0.309. The van der Waals surface area contributed by atoms with Crippen molar-refractivity contribution in [2.45, 2.75) is 51.0 Å². The number of rotatable bonds is 2. The first kappa shape index (κ1) is 18.1. The molecule has 0 unspecified atom stereocenters. The average molecular weight is 421 g/mol. The van der Waals surface area contributed by atoms with Crippen LogP contribution in [0.4, 0.5) is 0 Å². The summed E-state index contributed by atoms with van der Waals surface area (Å²) in [6.45, 7) is 1.14. The number of Topliss-reactive ketones (excluding diaryl/α,β-unsaturated/α-hetero) is 1. The molecule has 2 aliphatic carbocycles. The van der Waals surface area contributed by atoms with Gasteiger partial charge in [-0.1, -0.05) is 35.8 Å². The lowest BCUT2D eigenvalue weighted by Gasteiger charge is -2.37. The van der Waals surface area contributed by atoms with E-state index in [4.69, 9.17) is 11.6 Å². The van der Waals surface area contributed by atoms with Gasteiger partial charge < -0.3 is 9.80 Å². The molecule has 148 valence electrons. The summed E-state index contributed by atoms with van der Waals surface area (Å²) < 4.78 is 1.74. The van der Waals surface area contributed by atoms with Gasteiger partial charge in [0.1, 0.15) is 11.7 Å². The van der Waals surface area contributed by atoms with E-state index in [0.717, 1.165) is 31.4 Å². The second-order valence-corrected chi connectivity index (χ2v) is 9.11. The molecule has 1 saturated carbocycles. The smallest absolute Gasteiger partial charge is 0.276 e. The van der Waals surface area contributed by atoms with Crippen LogP contribution < -0.4 is 0 Å². The average Bonchev–Trinajstić information content (AvgIpc) is 3.39. The van der Waals surface area contributed by atoms with Crippen molar-refractivity contribution in [1.82, 2.24) is 19.2 Å². The minimum absolute atomic E-state index is 0.00613. The number of imidazole rings is 1. The Bertz CT molecular complexity index is 991. The topological polar surface area (TPSA) is 75.0 Å². The third-order valence-corrected chi connectivity index (χ3v) is 7.57. The fourth-order valence-corrected chi connectivity index (χ4v) is 6.15. The van der Waals surface area contributed by atoms with Crippen molar-refractivity contribution in [3.8, 4) is 0 Å². The van der Waals surface area contributed by atoms with Gasteiger partial charge in [-0.25, -0.2) is 4.98 Å². The van der Waals surface area contributed by atoms with Crippen molar-refractivity contribution in [2.24, 2.45) is 0 Å². The highest BCUT2D eigenvalue weighted by molar-refractivity contribution is 7.19. The van der Waals surface area contributed by atoms with Crippen LogP contribution in [0.25, 0.3) is 4.96 Å². The third kappa shape index (κ3) is 2.76. The summed E-state index contributed by atoms with van der Waals surface area (Å²) >= 11 is 7.82. The van der Waals surface area contributed by atoms with Crippen LogP contribution in [0.1, 0.15) is 64.4 Å². The number of amides is 2. The molecular formula is C19H21ClN4O3S. The normalized spacial score (nSPS) is 21.0. The maximum Gasteiger partial charge on any atom is 0.276 e. The molecule has 1 saturated heterocycles. The zero-order valence-electron chi connectivity index (χ0n) is 15.4. The first-order chi connectivity index (χ1) is 13.5. The van der Waals surface area contributed by atoms with E-state index in [0.29, 0.717) is 35.4 Å². The SMILES string of the molecule is O=C1CCCc2c1sc1nc(C(=O)N3CCN(C4CCCC4)C(=O)C3)c(Cl)n21. The Hall–Kier alpha value is -1.93. The Kier molecular flexibility index (Phi) is 4.43. The molecule has 3 aliphatic rings. The van der Waals surface area contributed by atoms with Crippen LogP contribution in [0.5, 0.6) is 0 Å². The van der Waals surface area contributed by atoms with Crippen LogP contribution in [0, 0.1) is 0 Å². The number of nitrogens with zero attached hydrogens (tertiary/aromatic N) is 4. The zero-order chi connectivity index (χ0) is 19.4. The van der Waals surface area contributed by atoms with Crippen LogP contribution in [0.2, 0.25) is 5.15 Å². The number of aromatic nitrogens is 2. The second kappa shape index (κ2) is 6.84. The van der Waals surface area contributed by atoms with Crippen molar-refractivity contribution < 1.29 is 14.4 Å². The van der Waals surface area contributed by atoms with Crippen molar-refractivity contribution in [3.63, 3.8) is 0 Å². The maximum atomic E-state index is 13.0. The molecule has 7 nitrogen and oxygen atoms in total. The molecule has 0 spiro atoms. The van der Waals surface area contributed by atoms with E-state index in [1.165, 1.54) is 24.2 Å². The van der Waals surface area contributed by atoms with Gasteiger partial charge >= 0.3 is 0 Å². The Morgan fingerprint density at radius 3 is 2.64 bits per heavy atom. The van der Waals surface area contributed by atoms with Crippen LogP contribution in [-0.4, -0.2) is 62.5 Å². The number of carbonyl (C=O) groups is 3. The van der Waals surface area contributed by atoms with Gasteiger partial charge in [-0.3, -0.25) is 18.8 Å². The quantitative estimate of drug-likeness (QED) is 0.748. The Labute approximate surface area is 171 Å². The van der Waals surface area contributed by atoms with Gasteiger partial charge in [0.2, 0.25) is 5.91 Å². The number of hydrogen-bond donors (Lipinski definition) is 0. The highest BCUT2D eigenvalue weighted by atomic mass is 35.5. The number of halogens is 1. The Morgan fingerprint density at radius 2 is 1.89 bits per heavy atom. The number of piperazine rings is 1. The second-order valence-electron chi connectivity index (χ2n) is 7.78. The van der Waals surface area contributed by atoms with E-state index in [2.05, 4.69) is 4.98 Å². The molecule has 5 rings (SSSR count). The summed E-state index contributed by atoms with van der Waals surface area (Å²) in [6.07, 6.45) is 6.55. The lowest BCUT2D eigenvalue weighted by Crippen LogP contribution is -2.55. The van der Waals surface area contributed by atoms with E-state index in [1.807, 2.05) is 4.90 Å². The minimum Gasteiger partial charge on any atom is -0.336 e.